The molecular formula is C21H26N4O3. The molecule has 0 atom stereocenters. The van der Waals surface area contributed by atoms with E-state index in [1.165, 1.54) is 4.68 Å². The summed E-state index contributed by atoms with van der Waals surface area (Å²) in [5.41, 5.74) is 1.94. The maximum absolute atomic E-state index is 12.9. The van der Waals surface area contributed by atoms with Gasteiger partial charge in [0, 0.05) is 34.7 Å². The van der Waals surface area contributed by atoms with Crippen LogP contribution in [0.5, 0.6) is 0 Å². The lowest BCUT2D eigenvalue weighted by atomic mass is 9.64. The van der Waals surface area contributed by atoms with E-state index in [4.69, 9.17) is 4.74 Å². The van der Waals surface area contributed by atoms with E-state index in [1.54, 1.807) is 6.20 Å². The molecule has 5 rings (SSSR count). The first-order valence-electron chi connectivity index (χ1n) is 10.2. The van der Waals surface area contributed by atoms with Crippen molar-refractivity contribution in [2.24, 2.45) is 5.41 Å². The Balaban J connectivity index is 1.39. The molecule has 148 valence electrons. The average Bonchev–Trinajstić information content (AvgIpc) is 3.43. The number of fused-ring (bicyclic) bond motifs is 1. The predicted octanol–water partition coefficient (Wildman–Crippen LogP) is 2.09. The molecule has 0 bridgehead atoms. The van der Waals surface area contributed by atoms with Crippen molar-refractivity contribution in [2.45, 2.75) is 64.0 Å². The molecule has 3 fully saturated rings. The molecule has 1 saturated heterocycles. The Morgan fingerprint density at radius 2 is 2.07 bits per heavy atom. The van der Waals surface area contributed by atoms with Crippen LogP contribution in [0.25, 0.3) is 10.8 Å². The van der Waals surface area contributed by atoms with E-state index < -0.39 is 0 Å². The van der Waals surface area contributed by atoms with Gasteiger partial charge in [-0.05, 0) is 37.7 Å². The third-order valence-corrected chi connectivity index (χ3v) is 6.27. The average molecular weight is 382 g/mol. The quantitative estimate of drug-likeness (QED) is 0.856. The molecule has 0 radical (unpaired) electrons. The molecule has 7 nitrogen and oxygen atoms in total. The van der Waals surface area contributed by atoms with Gasteiger partial charge in [-0.1, -0.05) is 13.8 Å². The third-order valence-electron chi connectivity index (χ3n) is 6.27. The zero-order valence-corrected chi connectivity index (χ0v) is 16.4. The minimum atomic E-state index is -0.248. The first kappa shape index (κ1) is 17.8. The number of ether oxygens (including phenoxy) is 1. The summed E-state index contributed by atoms with van der Waals surface area (Å²) >= 11 is 0. The smallest absolute Gasteiger partial charge is 0.276 e. The van der Waals surface area contributed by atoms with Gasteiger partial charge in [0.2, 0.25) is 5.91 Å². The zero-order valence-electron chi connectivity index (χ0n) is 16.4. The minimum Gasteiger partial charge on any atom is -0.380 e. The zero-order chi connectivity index (χ0) is 19.5. The number of nitrogens with zero attached hydrogens (tertiary/aromatic N) is 3. The Labute approximate surface area is 163 Å². The van der Waals surface area contributed by atoms with Gasteiger partial charge >= 0.3 is 0 Å². The second kappa shape index (κ2) is 6.37. The third kappa shape index (κ3) is 3.02. The second-order valence-electron chi connectivity index (χ2n) is 9.10. The topological polar surface area (TPSA) is 86.1 Å². The normalized spacial score (nSPS) is 21.0. The van der Waals surface area contributed by atoms with Gasteiger partial charge < -0.3 is 10.1 Å². The summed E-state index contributed by atoms with van der Waals surface area (Å²) in [4.78, 5) is 29.9. The fourth-order valence-electron chi connectivity index (χ4n) is 4.48. The van der Waals surface area contributed by atoms with Crippen LogP contribution < -0.4 is 10.9 Å². The summed E-state index contributed by atoms with van der Waals surface area (Å²) in [6.07, 6.45) is 5.91. The van der Waals surface area contributed by atoms with Crippen LogP contribution in [0.4, 0.5) is 0 Å². The fourth-order valence-corrected chi connectivity index (χ4v) is 4.48. The largest absolute Gasteiger partial charge is 0.380 e. The summed E-state index contributed by atoms with van der Waals surface area (Å²) in [5.74, 6) is 0.507. The number of hydrogen-bond donors (Lipinski definition) is 1. The van der Waals surface area contributed by atoms with Crippen LogP contribution in [-0.2, 0) is 16.1 Å². The Morgan fingerprint density at radius 3 is 2.68 bits per heavy atom. The molecule has 2 saturated carbocycles. The van der Waals surface area contributed by atoms with Crippen LogP contribution in [0.15, 0.2) is 17.1 Å². The van der Waals surface area contributed by atoms with Crippen LogP contribution in [-0.4, -0.2) is 39.9 Å². The van der Waals surface area contributed by atoms with Gasteiger partial charge in [0.1, 0.15) is 6.54 Å². The minimum absolute atomic E-state index is 0.0567. The number of nitrogens with one attached hydrogen (secondary N) is 1. The highest BCUT2D eigenvalue weighted by Crippen LogP contribution is 2.46. The Bertz CT molecular complexity index is 997. The number of rotatable bonds is 5. The standard InChI is InChI=1S/C21H26N4O3/c1-12(2)19-15-5-17(13-3-4-13)22-8-16(15)20(27)25(24-19)9-18(26)23-14-6-21(7-14)10-28-11-21/h5,8,12-14H,3-4,6-7,9-11H2,1-2H3,(H,23,26). The summed E-state index contributed by atoms with van der Waals surface area (Å²) in [6.45, 7) is 5.67. The van der Waals surface area contributed by atoms with Crippen molar-refractivity contribution in [2.75, 3.05) is 13.2 Å². The highest BCUT2D eigenvalue weighted by atomic mass is 16.5. The van der Waals surface area contributed by atoms with Crippen molar-refractivity contribution < 1.29 is 9.53 Å². The van der Waals surface area contributed by atoms with Gasteiger partial charge in [0.25, 0.3) is 5.56 Å². The molecule has 2 aliphatic carbocycles. The fraction of sp³-hybridized carbons (Fsp3) is 0.619. The molecule has 0 aromatic carbocycles. The molecule has 1 spiro atoms. The van der Waals surface area contributed by atoms with E-state index in [2.05, 4.69) is 29.2 Å². The molecule has 0 unspecified atom stereocenters. The first-order chi connectivity index (χ1) is 13.4. The number of hydrogen-bond acceptors (Lipinski definition) is 5. The summed E-state index contributed by atoms with van der Waals surface area (Å²) in [5, 5.41) is 9.02. The lowest BCUT2D eigenvalue weighted by Gasteiger charge is -2.53. The van der Waals surface area contributed by atoms with Crippen LogP contribution in [0.3, 0.4) is 0 Å². The molecule has 2 aromatic heterocycles. The number of carbonyl (C=O) groups is 1. The summed E-state index contributed by atoms with van der Waals surface area (Å²) in [6, 6.07) is 2.20. The van der Waals surface area contributed by atoms with E-state index in [9.17, 15) is 9.59 Å². The van der Waals surface area contributed by atoms with Gasteiger partial charge in [-0.2, -0.15) is 5.10 Å². The predicted molar refractivity (Wildman–Crippen MR) is 104 cm³/mol. The SMILES string of the molecule is CC(C)c1nn(CC(=O)NC2CC3(COC3)C2)c(=O)c2cnc(C3CC3)cc12. The van der Waals surface area contributed by atoms with Gasteiger partial charge in [0.15, 0.2) is 0 Å². The maximum atomic E-state index is 12.9. The van der Waals surface area contributed by atoms with Gasteiger partial charge in [-0.3, -0.25) is 14.6 Å². The van der Waals surface area contributed by atoms with E-state index in [0.717, 1.165) is 55.7 Å². The Morgan fingerprint density at radius 1 is 1.32 bits per heavy atom. The highest BCUT2D eigenvalue weighted by Gasteiger charge is 2.50. The number of aromatic nitrogens is 3. The van der Waals surface area contributed by atoms with Gasteiger partial charge in [0.05, 0.1) is 24.3 Å². The highest BCUT2D eigenvalue weighted by molar-refractivity contribution is 5.84. The van der Waals surface area contributed by atoms with Crippen LogP contribution >= 0.6 is 0 Å². The van der Waals surface area contributed by atoms with Gasteiger partial charge in [-0.25, -0.2) is 4.68 Å². The molecule has 2 aromatic rings. The van der Waals surface area contributed by atoms with Crippen LogP contribution in [0, 0.1) is 5.41 Å². The van der Waals surface area contributed by atoms with Gasteiger partial charge in [-0.15, -0.1) is 0 Å². The lowest BCUT2D eigenvalue weighted by molar-refractivity contribution is -0.169. The maximum Gasteiger partial charge on any atom is 0.276 e. The van der Waals surface area contributed by atoms with Crippen molar-refractivity contribution in [3.05, 3.63) is 34.0 Å². The Hall–Kier alpha value is -2.28. The van der Waals surface area contributed by atoms with Crippen molar-refractivity contribution in [1.82, 2.24) is 20.1 Å². The van der Waals surface area contributed by atoms with Crippen LogP contribution in [0.2, 0.25) is 0 Å². The monoisotopic (exact) mass is 382 g/mol. The van der Waals surface area contributed by atoms with E-state index in [1.807, 2.05) is 6.07 Å². The number of pyridine rings is 1. The van der Waals surface area contributed by atoms with E-state index >= 15 is 0 Å². The van der Waals surface area contributed by atoms with Crippen LogP contribution in [0.1, 0.15) is 62.8 Å². The molecule has 28 heavy (non-hydrogen) atoms. The first-order valence-corrected chi connectivity index (χ1v) is 10.2. The van der Waals surface area contributed by atoms with Crippen molar-refractivity contribution in [1.29, 1.82) is 0 Å². The molecular weight excluding hydrogens is 356 g/mol. The van der Waals surface area contributed by atoms with Crippen molar-refractivity contribution >= 4 is 16.7 Å². The molecule has 7 heteroatoms. The summed E-state index contributed by atoms with van der Waals surface area (Å²) < 4.78 is 6.57. The molecule has 1 N–H and O–H groups in total. The lowest BCUT2D eigenvalue weighted by Crippen LogP contribution is -2.59. The number of carbonyl (C=O) groups excluding carboxylic acids is 1. The van der Waals surface area contributed by atoms with E-state index in [0.29, 0.717) is 16.7 Å². The molecule has 3 aliphatic rings. The second-order valence-corrected chi connectivity index (χ2v) is 9.10. The number of amides is 1. The Kier molecular flexibility index (Phi) is 4.05. The van der Waals surface area contributed by atoms with E-state index in [-0.39, 0.29) is 30.0 Å². The summed E-state index contributed by atoms with van der Waals surface area (Å²) in [7, 11) is 0. The van der Waals surface area contributed by atoms with Crippen molar-refractivity contribution in [3.8, 4) is 0 Å². The molecule has 3 heterocycles. The molecule has 1 aliphatic heterocycles. The molecule has 1 amide bonds. The van der Waals surface area contributed by atoms with Crippen molar-refractivity contribution in [3.63, 3.8) is 0 Å².